The van der Waals surface area contributed by atoms with Crippen molar-refractivity contribution in [1.29, 1.82) is 0 Å². The van der Waals surface area contributed by atoms with Gasteiger partial charge >= 0.3 is 5.97 Å². The second-order valence-corrected chi connectivity index (χ2v) is 5.23. The molecule has 1 aromatic heterocycles. The molecule has 1 N–H and O–H groups in total. The summed E-state index contributed by atoms with van der Waals surface area (Å²) in [6.07, 6.45) is 1.61. The van der Waals surface area contributed by atoms with E-state index < -0.39 is 5.97 Å². The summed E-state index contributed by atoms with van der Waals surface area (Å²) in [6.45, 7) is 6.85. The molecule has 0 amide bonds. The molecule has 0 saturated carbocycles. The predicted octanol–water partition coefficient (Wildman–Crippen LogP) is 2.99. The fourth-order valence-electron chi connectivity index (χ4n) is 2.70. The fraction of sp³-hybridized carbons (Fsp3) is 0.412. The van der Waals surface area contributed by atoms with Gasteiger partial charge in [-0.1, -0.05) is 38.1 Å². The molecule has 0 fully saturated rings. The number of rotatable bonds is 6. The molecule has 0 bridgehead atoms. The zero-order chi connectivity index (χ0) is 15.4. The minimum absolute atomic E-state index is 0.0557. The van der Waals surface area contributed by atoms with Crippen molar-refractivity contribution >= 4 is 5.97 Å². The van der Waals surface area contributed by atoms with Crippen LogP contribution in [0, 0.1) is 6.92 Å². The second-order valence-electron chi connectivity index (χ2n) is 5.23. The van der Waals surface area contributed by atoms with E-state index in [0.29, 0.717) is 6.54 Å². The molecule has 0 aliphatic carbocycles. The SMILES string of the molecule is CCc1nn(Cc2ccccc2C)c(CC)c1CC(=O)O. The van der Waals surface area contributed by atoms with E-state index in [9.17, 15) is 4.79 Å². The van der Waals surface area contributed by atoms with Crippen molar-refractivity contribution in [2.24, 2.45) is 0 Å². The zero-order valence-corrected chi connectivity index (χ0v) is 12.9. The van der Waals surface area contributed by atoms with Gasteiger partial charge in [-0.15, -0.1) is 0 Å². The Morgan fingerprint density at radius 2 is 1.95 bits per heavy atom. The van der Waals surface area contributed by atoms with E-state index in [1.54, 1.807) is 0 Å². The van der Waals surface area contributed by atoms with Crippen LogP contribution in [0.1, 0.15) is 41.9 Å². The molecule has 0 atom stereocenters. The number of carboxylic acid groups (broad SMARTS) is 1. The van der Waals surface area contributed by atoms with E-state index in [0.717, 1.165) is 29.8 Å². The molecular formula is C17H22N2O2. The number of hydrogen-bond acceptors (Lipinski definition) is 2. The smallest absolute Gasteiger partial charge is 0.307 e. The summed E-state index contributed by atoms with van der Waals surface area (Å²) in [4.78, 5) is 11.1. The van der Waals surface area contributed by atoms with Crippen molar-refractivity contribution in [2.75, 3.05) is 0 Å². The predicted molar refractivity (Wildman–Crippen MR) is 82.6 cm³/mol. The Balaban J connectivity index is 2.42. The monoisotopic (exact) mass is 286 g/mol. The van der Waals surface area contributed by atoms with Gasteiger partial charge in [-0.3, -0.25) is 9.48 Å². The first-order valence-corrected chi connectivity index (χ1v) is 7.40. The first-order valence-electron chi connectivity index (χ1n) is 7.40. The minimum atomic E-state index is -0.796. The van der Waals surface area contributed by atoms with E-state index >= 15 is 0 Å². The molecule has 0 aliphatic rings. The van der Waals surface area contributed by atoms with Crippen LogP contribution in [0.25, 0.3) is 0 Å². The van der Waals surface area contributed by atoms with E-state index in [1.165, 1.54) is 11.1 Å². The summed E-state index contributed by atoms with van der Waals surface area (Å²) in [6, 6.07) is 8.23. The second kappa shape index (κ2) is 6.57. The van der Waals surface area contributed by atoms with Crippen LogP contribution in [-0.4, -0.2) is 20.9 Å². The molecule has 0 radical (unpaired) electrons. The number of aliphatic carboxylic acids is 1. The van der Waals surface area contributed by atoms with Gasteiger partial charge in [0.05, 0.1) is 18.7 Å². The van der Waals surface area contributed by atoms with E-state index in [2.05, 4.69) is 31.1 Å². The van der Waals surface area contributed by atoms with Gasteiger partial charge in [-0.25, -0.2) is 0 Å². The number of nitrogens with zero attached hydrogens (tertiary/aromatic N) is 2. The standard InChI is InChI=1S/C17H22N2O2/c1-4-15-14(10-17(20)21)16(5-2)19(18-15)11-13-9-7-6-8-12(13)3/h6-9H,4-5,10-11H2,1-3H3,(H,20,21). The molecule has 2 rings (SSSR count). The Bertz CT molecular complexity index is 644. The van der Waals surface area contributed by atoms with Crippen LogP contribution < -0.4 is 0 Å². The highest BCUT2D eigenvalue weighted by atomic mass is 16.4. The lowest BCUT2D eigenvalue weighted by Crippen LogP contribution is -2.09. The van der Waals surface area contributed by atoms with Gasteiger partial charge in [0.25, 0.3) is 0 Å². The Kier molecular flexibility index (Phi) is 4.78. The van der Waals surface area contributed by atoms with Crippen molar-refractivity contribution in [1.82, 2.24) is 9.78 Å². The number of aromatic nitrogens is 2. The van der Waals surface area contributed by atoms with Gasteiger partial charge in [0.2, 0.25) is 0 Å². The minimum Gasteiger partial charge on any atom is -0.481 e. The topological polar surface area (TPSA) is 55.1 Å². The van der Waals surface area contributed by atoms with Crippen LogP contribution in [0.3, 0.4) is 0 Å². The number of carbonyl (C=O) groups is 1. The maximum Gasteiger partial charge on any atom is 0.307 e. The maximum absolute atomic E-state index is 11.1. The highest BCUT2D eigenvalue weighted by Gasteiger charge is 2.18. The summed E-state index contributed by atoms with van der Waals surface area (Å²) in [5, 5.41) is 13.8. The average molecular weight is 286 g/mol. The number of hydrogen-bond donors (Lipinski definition) is 1. The summed E-state index contributed by atoms with van der Waals surface area (Å²) < 4.78 is 1.97. The van der Waals surface area contributed by atoms with Gasteiger partial charge in [-0.05, 0) is 30.9 Å². The van der Waals surface area contributed by atoms with Crippen LogP contribution in [-0.2, 0) is 30.6 Å². The van der Waals surface area contributed by atoms with Gasteiger partial charge < -0.3 is 5.11 Å². The third-order valence-corrected chi connectivity index (χ3v) is 3.83. The maximum atomic E-state index is 11.1. The van der Waals surface area contributed by atoms with Crippen LogP contribution in [0.5, 0.6) is 0 Å². The summed E-state index contributed by atoms with van der Waals surface area (Å²) >= 11 is 0. The Morgan fingerprint density at radius 3 is 2.52 bits per heavy atom. The lowest BCUT2D eigenvalue weighted by molar-refractivity contribution is -0.136. The highest BCUT2D eigenvalue weighted by molar-refractivity contribution is 5.71. The first kappa shape index (κ1) is 15.3. The summed E-state index contributed by atoms with van der Waals surface area (Å²) in [7, 11) is 0. The zero-order valence-electron chi connectivity index (χ0n) is 12.9. The van der Waals surface area contributed by atoms with Crippen molar-refractivity contribution in [3.8, 4) is 0 Å². The Labute approximate surface area is 125 Å². The molecule has 0 aliphatic heterocycles. The lowest BCUT2D eigenvalue weighted by atomic mass is 10.1. The van der Waals surface area contributed by atoms with Crippen molar-refractivity contribution in [3.05, 3.63) is 52.3 Å². The Morgan fingerprint density at radius 1 is 1.24 bits per heavy atom. The number of benzene rings is 1. The molecule has 112 valence electrons. The Hall–Kier alpha value is -2.10. The van der Waals surface area contributed by atoms with Gasteiger partial charge in [0.1, 0.15) is 0 Å². The van der Waals surface area contributed by atoms with Crippen LogP contribution >= 0.6 is 0 Å². The molecule has 2 aromatic rings. The number of aryl methyl sites for hydroxylation is 2. The van der Waals surface area contributed by atoms with Gasteiger partial charge in [-0.2, -0.15) is 5.10 Å². The summed E-state index contributed by atoms with van der Waals surface area (Å²) in [5.74, 6) is -0.796. The molecule has 1 heterocycles. The van der Waals surface area contributed by atoms with E-state index in [1.807, 2.05) is 23.7 Å². The van der Waals surface area contributed by atoms with E-state index in [-0.39, 0.29) is 6.42 Å². The summed E-state index contributed by atoms with van der Waals surface area (Å²) in [5.41, 5.74) is 5.29. The molecule has 1 aromatic carbocycles. The first-order chi connectivity index (χ1) is 10.1. The normalized spacial score (nSPS) is 10.8. The van der Waals surface area contributed by atoms with Crippen molar-refractivity contribution < 1.29 is 9.90 Å². The molecular weight excluding hydrogens is 264 g/mol. The number of carboxylic acids is 1. The molecule has 0 saturated heterocycles. The largest absolute Gasteiger partial charge is 0.481 e. The van der Waals surface area contributed by atoms with Gasteiger partial charge in [0, 0.05) is 11.3 Å². The molecule has 4 nitrogen and oxygen atoms in total. The van der Waals surface area contributed by atoms with Crippen molar-refractivity contribution in [2.45, 2.75) is 46.6 Å². The fourth-order valence-corrected chi connectivity index (χ4v) is 2.70. The van der Waals surface area contributed by atoms with Crippen LogP contribution in [0.4, 0.5) is 0 Å². The molecule has 21 heavy (non-hydrogen) atoms. The molecule has 4 heteroatoms. The van der Waals surface area contributed by atoms with Crippen LogP contribution in [0.2, 0.25) is 0 Å². The third-order valence-electron chi connectivity index (χ3n) is 3.83. The highest BCUT2D eigenvalue weighted by Crippen LogP contribution is 2.19. The van der Waals surface area contributed by atoms with Crippen molar-refractivity contribution in [3.63, 3.8) is 0 Å². The van der Waals surface area contributed by atoms with E-state index in [4.69, 9.17) is 5.11 Å². The average Bonchev–Trinajstić information content (AvgIpc) is 2.77. The lowest BCUT2D eigenvalue weighted by Gasteiger charge is -2.09. The van der Waals surface area contributed by atoms with Gasteiger partial charge in [0.15, 0.2) is 0 Å². The quantitative estimate of drug-likeness (QED) is 0.888. The molecule has 0 spiro atoms. The molecule has 0 unspecified atom stereocenters. The van der Waals surface area contributed by atoms with Crippen LogP contribution in [0.15, 0.2) is 24.3 Å². The third kappa shape index (κ3) is 3.32.